The fourth-order valence-electron chi connectivity index (χ4n) is 4.05. The summed E-state index contributed by atoms with van der Waals surface area (Å²) in [5, 5.41) is 10.4. The average Bonchev–Trinajstić information content (AvgIpc) is 3.16. The van der Waals surface area contributed by atoms with Gasteiger partial charge in [0.25, 0.3) is 5.91 Å². The molecule has 2 heterocycles. The van der Waals surface area contributed by atoms with E-state index >= 15 is 0 Å². The molecule has 4 aromatic rings. The predicted molar refractivity (Wildman–Crippen MR) is 145 cm³/mol. The highest BCUT2D eigenvalue weighted by Crippen LogP contribution is 2.27. The van der Waals surface area contributed by atoms with Crippen LogP contribution in [0.2, 0.25) is 0 Å². The van der Waals surface area contributed by atoms with E-state index in [-0.39, 0.29) is 11.8 Å². The Morgan fingerprint density at radius 3 is 2.46 bits per heavy atom. The summed E-state index contributed by atoms with van der Waals surface area (Å²) in [5.41, 5.74) is 6.27. The molecule has 190 valence electrons. The van der Waals surface area contributed by atoms with Gasteiger partial charge in [0.05, 0.1) is 12.2 Å². The summed E-state index contributed by atoms with van der Waals surface area (Å²) in [6.45, 7) is 9.50. The van der Waals surface area contributed by atoms with Gasteiger partial charge in [0.15, 0.2) is 0 Å². The molecule has 0 aliphatic heterocycles. The van der Waals surface area contributed by atoms with Crippen molar-refractivity contribution in [3.8, 4) is 0 Å². The second kappa shape index (κ2) is 10.6. The van der Waals surface area contributed by atoms with E-state index in [1.807, 2.05) is 77.2 Å². The standard InChI is InChI=1S/C28H31N7O2/c1-17-8-7-9-22(12-17)27(37)31-24-11-10-18(2)25(14-24)35(21(5)36)16-23-15-29-28(30-20(23)4)32-26-13-19(3)33-34(26)6/h7-15H,16H2,1-6H3,(H,31,37)(H,29,30,32). The molecule has 0 saturated carbocycles. The third-order valence-electron chi connectivity index (χ3n) is 6.07. The smallest absolute Gasteiger partial charge is 0.255 e. The van der Waals surface area contributed by atoms with Crippen LogP contribution < -0.4 is 15.5 Å². The van der Waals surface area contributed by atoms with Crippen molar-refractivity contribution in [1.29, 1.82) is 0 Å². The molecule has 0 saturated heterocycles. The van der Waals surface area contributed by atoms with Gasteiger partial charge in [-0.05, 0) is 57.5 Å². The van der Waals surface area contributed by atoms with Gasteiger partial charge in [0, 0.05) is 54.4 Å². The van der Waals surface area contributed by atoms with E-state index in [0.29, 0.717) is 29.4 Å². The second-order valence-electron chi connectivity index (χ2n) is 9.15. The number of nitrogens with zero attached hydrogens (tertiary/aromatic N) is 5. The van der Waals surface area contributed by atoms with Crippen LogP contribution in [0.15, 0.2) is 54.7 Å². The first-order valence-corrected chi connectivity index (χ1v) is 12.0. The molecule has 2 N–H and O–H groups in total. The molecular formula is C28H31N7O2. The van der Waals surface area contributed by atoms with Gasteiger partial charge in [0.2, 0.25) is 11.9 Å². The molecule has 37 heavy (non-hydrogen) atoms. The SMILES string of the molecule is CC(=O)N(Cc1cnc(Nc2cc(C)nn2C)nc1C)c1cc(NC(=O)c2cccc(C)c2)ccc1C. The molecule has 0 unspecified atom stereocenters. The summed E-state index contributed by atoms with van der Waals surface area (Å²) < 4.78 is 1.73. The lowest BCUT2D eigenvalue weighted by atomic mass is 10.1. The number of hydrogen-bond acceptors (Lipinski definition) is 6. The van der Waals surface area contributed by atoms with Crippen LogP contribution >= 0.6 is 0 Å². The molecule has 0 fully saturated rings. The minimum Gasteiger partial charge on any atom is -0.322 e. The number of benzene rings is 2. The normalized spacial score (nSPS) is 10.8. The van der Waals surface area contributed by atoms with Gasteiger partial charge in [-0.3, -0.25) is 14.3 Å². The maximum Gasteiger partial charge on any atom is 0.255 e. The van der Waals surface area contributed by atoms with Gasteiger partial charge < -0.3 is 15.5 Å². The molecule has 0 spiro atoms. The molecular weight excluding hydrogens is 466 g/mol. The van der Waals surface area contributed by atoms with Gasteiger partial charge in [-0.1, -0.05) is 23.8 Å². The topological polar surface area (TPSA) is 105 Å². The number of rotatable bonds is 7. The second-order valence-corrected chi connectivity index (χ2v) is 9.15. The lowest BCUT2D eigenvalue weighted by Crippen LogP contribution is -2.29. The largest absolute Gasteiger partial charge is 0.322 e. The number of aromatic nitrogens is 4. The molecule has 4 rings (SSSR count). The minimum absolute atomic E-state index is 0.128. The third kappa shape index (κ3) is 6.00. The van der Waals surface area contributed by atoms with E-state index in [2.05, 4.69) is 25.7 Å². The maximum atomic E-state index is 12.8. The van der Waals surface area contributed by atoms with Gasteiger partial charge >= 0.3 is 0 Å². The van der Waals surface area contributed by atoms with Crippen LogP contribution in [0.3, 0.4) is 0 Å². The molecule has 0 aliphatic carbocycles. The summed E-state index contributed by atoms with van der Waals surface area (Å²) in [5.74, 6) is 0.909. The number of carbonyl (C=O) groups excluding carboxylic acids is 2. The lowest BCUT2D eigenvalue weighted by Gasteiger charge is -2.24. The van der Waals surface area contributed by atoms with Crippen molar-refractivity contribution >= 4 is 35.0 Å². The van der Waals surface area contributed by atoms with Crippen LogP contribution in [-0.4, -0.2) is 31.6 Å². The fraction of sp³-hybridized carbons (Fsp3) is 0.250. The van der Waals surface area contributed by atoms with Crippen LogP contribution in [0, 0.1) is 27.7 Å². The van der Waals surface area contributed by atoms with Crippen molar-refractivity contribution in [3.05, 3.63) is 88.4 Å². The summed E-state index contributed by atoms with van der Waals surface area (Å²) in [4.78, 5) is 36.2. The van der Waals surface area contributed by atoms with Crippen LogP contribution in [0.1, 0.15) is 45.4 Å². The first kappa shape index (κ1) is 25.6. The van der Waals surface area contributed by atoms with Crippen LogP contribution in [0.4, 0.5) is 23.1 Å². The number of aryl methyl sites for hydroxylation is 5. The molecule has 2 amide bonds. The van der Waals surface area contributed by atoms with Crippen LogP contribution in [-0.2, 0) is 18.4 Å². The van der Waals surface area contributed by atoms with Crippen LogP contribution in [0.25, 0.3) is 0 Å². The Morgan fingerprint density at radius 2 is 1.81 bits per heavy atom. The number of carbonyl (C=O) groups is 2. The minimum atomic E-state index is -0.205. The summed E-state index contributed by atoms with van der Waals surface area (Å²) in [6, 6.07) is 14.9. The molecule has 2 aromatic heterocycles. The third-order valence-corrected chi connectivity index (χ3v) is 6.07. The van der Waals surface area contributed by atoms with Crippen LogP contribution in [0.5, 0.6) is 0 Å². The Morgan fingerprint density at radius 1 is 1.03 bits per heavy atom. The molecule has 0 bridgehead atoms. The zero-order valence-electron chi connectivity index (χ0n) is 22.0. The Kier molecular flexibility index (Phi) is 7.33. The highest BCUT2D eigenvalue weighted by molar-refractivity contribution is 6.05. The molecule has 9 heteroatoms. The Bertz CT molecular complexity index is 1480. The monoisotopic (exact) mass is 497 g/mol. The van der Waals surface area contributed by atoms with Crippen molar-refractivity contribution < 1.29 is 9.59 Å². The summed E-state index contributed by atoms with van der Waals surface area (Å²) >= 11 is 0. The predicted octanol–water partition coefficient (Wildman–Crippen LogP) is 4.99. The molecule has 2 aromatic carbocycles. The lowest BCUT2D eigenvalue weighted by molar-refractivity contribution is -0.116. The quantitative estimate of drug-likeness (QED) is 0.373. The first-order chi connectivity index (χ1) is 17.6. The average molecular weight is 498 g/mol. The Hall–Kier alpha value is -4.53. The number of nitrogens with one attached hydrogen (secondary N) is 2. The van der Waals surface area contributed by atoms with Gasteiger partial charge in [-0.15, -0.1) is 0 Å². The molecule has 9 nitrogen and oxygen atoms in total. The highest BCUT2D eigenvalue weighted by Gasteiger charge is 2.18. The van der Waals surface area contributed by atoms with Crippen molar-refractivity contribution in [3.63, 3.8) is 0 Å². The zero-order valence-corrected chi connectivity index (χ0v) is 22.0. The van der Waals surface area contributed by atoms with Crippen molar-refractivity contribution in [2.75, 3.05) is 15.5 Å². The Balaban J connectivity index is 1.55. The number of hydrogen-bond donors (Lipinski definition) is 2. The van der Waals surface area contributed by atoms with E-state index < -0.39 is 0 Å². The first-order valence-electron chi connectivity index (χ1n) is 12.0. The Labute approximate surface area is 216 Å². The molecule has 0 atom stereocenters. The molecule has 0 radical (unpaired) electrons. The fourth-order valence-corrected chi connectivity index (χ4v) is 4.05. The van der Waals surface area contributed by atoms with E-state index in [1.165, 1.54) is 6.92 Å². The van der Waals surface area contributed by atoms with Crippen molar-refractivity contribution in [2.45, 2.75) is 41.2 Å². The number of anilines is 4. The zero-order chi connectivity index (χ0) is 26.7. The summed E-state index contributed by atoms with van der Waals surface area (Å²) in [7, 11) is 1.85. The summed E-state index contributed by atoms with van der Waals surface area (Å²) in [6.07, 6.45) is 1.72. The van der Waals surface area contributed by atoms with Crippen molar-refractivity contribution in [2.24, 2.45) is 7.05 Å². The number of amides is 2. The maximum absolute atomic E-state index is 12.8. The van der Waals surface area contributed by atoms with Gasteiger partial charge in [-0.25, -0.2) is 9.97 Å². The molecule has 0 aliphatic rings. The van der Waals surface area contributed by atoms with E-state index in [4.69, 9.17) is 0 Å². The van der Waals surface area contributed by atoms with Gasteiger partial charge in [-0.2, -0.15) is 5.10 Å². The van der Waals surface area contributed by atoms with Gasteiger partial charge in [0.1, 0.15) is 5.82 Å². The van der Waals surface area contributed by atoms with E-state index in [9.17, 15) is 9.59 Å². The van der Waals surface area contributed by atoms with Crippen molar-refractivity contribution in [1.82, 2.24) is 19.7 Å². The van der Waals surface area contributed by atoms with E-state index in [0.717, 1.165) is 33.9 Å². The highest BCUT2D eigenvalue weighted by atomic mass is 16.2. The van der Waals surface area contributed by atoms with E-state index in [1.54, 1.807) is 21.8 Å².